The molecule has 2 rings (SSSR count). The zero-order chi connectivity index (χ0) is 11.5. The van der Waals surface area contributed by atoms with Crippen LogP contribution in [0.3, 0.4) is 0 Å². The van der Waals surface area contributed by atoms with Gasteiger partial charge in [-0.3, -0.25) is 4.68 Å². The van der Waals surface area contributed by atoms with Crippen molar-refractivity contribution in [2.75, 3.05) is 18.6 Å². The lowest BCUT2D eigenvalue weighted by Gasteiger charge is -2.33. The van der Waals surface area contributed by atoms with E-state index in [-0.39, 0.29) is 0 Å². The molecule has 1 aliphatic heterocycles. The van der Waals surface area contributed by atoms with E-state index in [9.17, 15) is 0 Å². The highest BCUT2D eigenvalue weighted by Gasteiger charge is 2.31. The number of nitrogens with zero attached hydrogens (tertiary/aromatic N) is 2. The monoisotopic (exact) mass is 257 g/mol. The first-order valence-electron chi connectivity index (χ1n) is 5.62. The van der Waals surface area contributed by atoms with Crippen LogP contribution in [0, 0.1) is 0 Å². The van der Waals surface area contributed by atoms with Gasteiger partial charge in [0.2, 0.25) is 0 Å². The van der Waals surface area contributed by atoms with Crippen molar-refractivity contribution in [3.63, 3.8) is 0 Å². The minimum atomic E-state index is 0.369. The Morgan fingerprint density at radius 3 is 2.81 bits per heavy atom. The van der Waals surface area contributed by atoms with Crippen molar-refractivity contribution in [2.45, 2.75) is 23.5 Å². The van der Waals surface area contributed by atoms with E-state index < -0.39 is 0 Å². The third kappa shape index (κ3) is 2.57. The van der Waals surface area contributed by atoms with Crippen LogP contribution in [0.4, 0.5) is 0 Å². The van der Waals surface area contributed by atoms with Crippen LogP contribution in [-0.4, -0.2) is 38.8 Å². The molecule has 1 aromatic heterocycles. The fourth-order valence-electron chi connectivity index (χ4n) is 2.10. The van der Waals surface area contributed by atoms with E-state index in [0.717, 1.165) is 5.69 Å². The molecule has 3 nitrogen and oxygen atoms in total. The number of hydrogen-bond donors (Lipinski definition) is 1. The lowest BCUT2D eigenvalue weighted by molar-refractivity contribution is 0.537. The number of aromatic nitrogens is 2. The molecule has 1 aromatic rings. The molecule has 16 heavy (non-hydrogen) atoms. The van der Waals surface area contributed by atoms with Crippen molar-refractivity contribution in [3.05, 3.63) is 18.0 Å². The van der Waals surface area contributed by atoms with Crippen molar-refractivity contribution < 1.29 is 0 Å². The van der Waals surface area contributed by atoms with Gasteiger partial charge in [-0.15, -0.1) is 0 Å². The summed E-state index contributed by atoms with van der Waals surface area (Å²) in [6.45, 7) is 2.33. The van der Waals surface area contributed by atoms with Crippen LogP contribution in [0.15, 0.2) is 12.3 Å². The van der Waals surface area contributed by atoms with Gasteiger partial charge >= 0.3 is 0 Å². The molecule has 0 aromatic carbocycles. The molecular weight excluding hydrogens is 238 g/mol. The molecular formula is C11H19N3S2. The summed E-state index contributed by atoms with van der Waals surface area (Å²) in [7, 11) is 4.01. The van der Waals surface area contributed by atoms with E-state index in [2.05, 4.69) is 46.9 Å². The van der Waals surface area contributed by atoms with Crippen molar-refractivity contribution in [3.8, 4) is 0 Å². The predicted octanol–water partition coefficient (Wildman–Crippen LogP) is 1.92. The molecule has 3 unspecified atom stereocenters. The standard InChI is InChI=1S/C11H19N3S2/c1-8-11(16-7-6-15-8)10(12-2)9-4-5-14(3)13-9/h4-5,8,10-12H,6-7H2,1-3H3. The minimum Gasteiger partial charge on any atom is -0.311 e. The van der Waals surface area contributed by atoms with E-state index in [4.69, 9.17) is 0 Å². The van der Waals surface area contributed by atoms with Crippen molar-refractivity contribution in [1.82, 2.24) is 15.1 Å². The summed E-state index contributed by atoms with van der Waals surface area (Å²) in [5.74, 6) is 2.53. The molecule has 1 saturated heterocycles. The highest BCUT2D eigenvalue weighted by atomic mass is 32.2. The van der Waals surface area contributed by atoms with Crippen LogP contribution in [0.5, 0.6) is 0 Å². The van der Waals surface area contributed by atoms with Gasteiger partial charge in [-0.25, -0.2) is 0 Å². The van der Waals surface area contributed by atoms with Gasteiger partial charge in [-0.05, 0) is 13.1 Å². The summed E-state index contributed by atoms with van der Waals surface area (Å²) < 4.78 is 1.88. The predicted molar refractivity (Wildman–Crippen MR) is 73.2 cm³/mol. The van der Waals surface area contributed by atoms with E-state index in [1.807, 2.05) is 25.0 Å². The molecule has 1 aliphatic rings. The molecule has 3 atom stereocenters. The first kappa shape index (κ1) is 12.3. The van der Waals surface area contributed by atoms with Crippen molar-refractivity contribution in [1.29, 1.82) is 0 Å². The van der Waals surface area contributed by atoms with Gasteiger partial charge in [-0.2, -0.15) is 28.6 Å². The fourth-order valence-corrected chi connectivity index (χ4v) is 5.07. The zero-order valence-electron chi connectivity index (χ0n) is 10.0. The van der Waals surface area contributed by atoms with Crippen LogP contribution >= 0.6 is 23.5 Å². The van der Waals surface area contributed by atoms with Crippen LogP contribution < -0.4 is 5.32 Å². The van der Waals surface area contributed by atoms with Gasteiger partial charge in [0.25, 0.3) is 0 Å². The summed E-state index contributed by atoms with van der Waals surface area (Å²) in [6.07, 6.45) is 2.02. The quantitative estimate of drug-likeness (QED) is 0.896. The second-order valence-electron chi connectivity index (χ2n) is 4.09. The molecule has 1 N–H and O–H groups in total. The molecule has 0 aliphatic carbocycles. The van der Waals surface area contributed by atoms with E-state index in [1.165, 1.54) is 11.5 Å². The summed E-state index contributed by atoms with van der Waals surface area (Å²) in [6, 6.07) is 2.49. The Hall–Kier alpha value is -0.130. The zero-order valence-corrected chi connectivity index (χ0v) is 11.6. The van der Waals surface area contributed by atoms with Crippen molar-refractivity contribution in [2.24, 2.45) is 7.05 Å². The van der Waals surface area contributed by atoms with Gasteiger partial charge in [0.05, 0.1) is 11.7 Å². The highest BCUT2D eigenvalue weighted by molar-refractivity contribution is 8.07. The van der Waals surface area contributed by atoms with Gasteiger partial charge in [0.1, 0.15) is 0 Å². The summed E-state index contributed by atoms with van der Waals surface area (Å²) in [5, 5.41) is 9.26. The Kier molecular flexibility index (Phi) is 4.21. The Morgan fingerprint density at radius 2 is 2.25 bits per heavy atom. The first-order valence-corrected chi connectivity index (χ1v) is 7.72. The van der Waals surface area contributed by atoms with Crippen LogP contribution in [0.25, 0.3) is 0 Å². The normalized spacial score (nSPS) is 27.9. The maximum absolute atomic E-state index is 4.52. The van der Waals surface area contributed by atoms with E-state index in [1.54, 1.807) is 0 Å². The molecule has 5 heteroatoms. The van der Waals surface area contributed by atoms with E-state index >= 15 is 0 Å². The number of hydrogen-bond acceptors (Lipinski definition) is 4. The number of aryl methyl sites for hydroxylation is 1. The minimum absolute atomic E-state index is 0.369. The smallest absolute Gasteiger partial charge is 0.0805 e. The number of nitrogens with one attached hydrogen (secondary N) is 1. The maximum Gasteiger partial charge on any atom is 0.0805 e. The third-order valence-corrected chi connectivity index (χ3v) is 6.12. The molecule has 0 amide bonds. The third-order valence-electron chi connectivity index (χ3n) is 2.93. The SMILES string of the molecule is CNC(c1ccn(C)n1)C1SCCSC1C. The second-order valence-corrected chi connectivity index (χ2v) is 6.86. The average Bonchev–Trinajstić information content (AvgIpc) is 2.69. The summed E-state index contributed by atoms with van der Waals surface area (Å²) >= 11 is 4.15. The maximum atomic E-state index is 4.52. The van der Waals surface area contributed by atoms with E-state index in [0.29, 0.717) is 16.5 Å². The summed E-state index contributed by atoms with van der Waals surface area (Å²) in [5.41, 5.74) is 1.16. The van der Waals surface area contributed by atoms with Gasteiger partial charge in [0.15, 0.2) is 0 Å². The number of rotatable bonds is 3. The Labute approximate surface area is 106 Å². The van der Waals surface area contributed by atoms with Gasteiger partial charge < -0.3 is 5.32 Å². The molecule has 0 bridgehead atoms. The topological polar surface area (TPSA) is 29.9 Å². The summed E-state index contributed by atoms with van der Waals surface area (Å²) in [4.78, 5) is 0. The van der Waals surface area contributed by atoms with Gasteiger partial charge in [0, 0.05) is 35.3 Å². The largest absolute Gasteiger partial charge is 0.311 e. The molecule has 1 fully saturated rings. The lowest BCUT2D eigenvalue weighted by atomic mass is 10.1. The average molecular weight is 257 g/mol. The van der Waals surface area contributed by atoms with Crippen molar-refractivity contribution >= 4 is 23.5 Å². The fraction of sp³-hybridized carbons (Fsp3) is 0.727. The molecule has 0 spiro atoms. The lowest BCUT2D eigenvalue weighted by Crippen LogP contribution is -2.36. The molecule has 0 radical (unpaired) electrons. The Bertz CT molecular complexity index is 340. The molecule has 0 saturated carbocycles. The first-order chi connectivity index (χ1) is 7.72. The Morgan fingerprint density at radius 1 is 1.50 bits per heavy atom. The second kappa shape index (κ2) is 5.47. The Balaban J connectivity index is 2.14. The van der Waals surface area contributed by atoms with Crippen LogP contribution in [-0.2, 0) is 7.05 Å². The molecule has 90 valence electrons. The van der Waals surface area contributed by atoms with Gasteiger partial charge in [-0.1, -0.05) is 6.92 Å². The van der Waals surface area contributed by atoms with Crippen LogP contribution in [0.1, 0.15) is 18.7 Å². The molecule has 2 heterocycles. The van der Waals surface area contributed by atoms with Crippen LogP contribution in [0.2, 0.25) is 0 Å². The highest BCUT2D eigenvalue weighted by Crippen LogP contribution is 2.37. The number of thioether (sulfide) groups is 2.